The van der Waals surface area contributed by atoms with Crippen LogP contribution in [-0.2, 0) is 14.8 Å². The predicted octanol–water partition coefficient (Wildman–Crippen LogP) is 3.15. The monoisotopic (exact) mass is 389 g/mol. The van der Waals surface area contributed by atoms with Crippen molar-refractivity contribution in [2.24, 2.45) is 0 Å². The molecule has 3 aromatic rings. The van der Waals surface area contributed by atoms with E-state index in [1.165, 1.54) is 31.3 Å². The molecule has 6 nitrogen and oxygen atoms in total. The lowest BCUT2D eigenvalue weighted by atomic mass is 10.2. The number of nitrogens with one attached hydrogen (secondary N) is 1. The Morgan fingerprint density at radius 2 is 1.81 bits per heavy atom. The van der Waals surface area contributed by atoms with Gasteiger partial charge in [-0.25, -0.2) is 8.42 Å². The van der Waals surface area contributed by atoms with E-state index in [-0.39, 0.29) is 11.4 Å². The minimum atomic E-state index is -3.79. The van der Waals surface area contributed by atoms with Crippen LogP contribution in [0.5, 0.6) is 0 Å². The molecule has 0 radical (unpaired) electrons. The summed E-state index contributed by atoms with van der Waals surface area (Å²) in [6, 6.07) is 14.9. The molecule has 1 aromatic heterocycles. The fourth-order valence-electron chi connectivity index (χ4n) is 2.47. The Bertz CT molecular complexity index is 1050. The Morgan fingerprint density at radius 3 is 2.54 bits per heavy atom. The summed E-state index contributed by atoms with van der Waals surface area (Å²) in [6.45, 7) is -0.325. The first-order valence-corrected chi connectivity index (χ1v) is 9.55. The molecule has 8 heteroatoms. The molecule has 0 fully saturated rings. The molecule has 26 heavy (non-hydrogen) atoms. The molecule has 1 heterocycles. The normalized spacial score (nSPS) is 11.7. The molecular weight excluding hydrogens is 374 g/mol. The van der Waals surface area contributed by atoms with Crippen LogP contribution in [0.25, 0.3) is 10.9 Å². The van der Waals surface area contributed by atoms with Gasteiger partial charge in [-0.05, 0) is 36.4 Å². The minimum Gasteiger partial charge on any atom is -0.323 e. The summed E-state index contributed by atoms with van der Waals surface area (Å²) in [6.07, 6.45) is 1.63. The van der Waals surface area contributed by atoms with Gasteiger partial charge >= 0.3 is 0 Å². The van der Waals surface area contributed by atoms with Crippen molar-refractivity contribution in [3.8, 4) is 0 Å². The minimum absolute atomic E-state index is 0.0732. The summed E-state index contributed by atoms with van der Waals surface area (Å²) in [5.41, 5.74) is 1.18. The number of amides is 1. The Labute approximate surface area is 156 Å². The fourth-order valence-corrected chi connectivity index (χ4v) is 3.72. The van der Waals surface area contributed by atoms with Crippen molar-refractivity contribution < 1.29 is 13.2 Å². The SMILES string of the molecule is CN(CC(=O)Nc1cccc2cccnc12)S(=O)(=O)c1ccc(Cl)cc1. The largest absolute Gasteiger partial charge is 0.323 e. The second-order valence-corrected chi connectivity index (χ2v) is 8.13. The predicted molar refractivity (Wildman–Crippen MR) is 102 cm³/mol. The number of hydrogen-bond donors (Lipinski definition) is 1. The van der Waals surface area contributed by atoms with Gasteiger partial charge < -0.3 is 5.32 Å². The van der Waals surface area contributed by atoms with Gasteiger partial charge in [0.25, 0.3) is 0 Å². The van der Waals surface area contributed by atoms with Gasteiger partial charge in [0.05, 0.1) is 22.6 Å². The number of likely N-dealkylation sites (N-methyl/N-ethyl adjacent to an activating group) is 1. The first kappa shape index (κ1) is 18.3. The maximum Gasteiger partial charge on any atom is 0.243 e. The van der Waals surface area contributed by atoms with Gasteiger partial charge in [-0.1, -0.05) is 29.8 Å². The number of anilines is 1. The molecule has 0 atom stereocenters. The summed E-state index contributed by atoms with van der Waals surface area (Å²) in [5.74, 6) is -0.455. The van der Waals surface area contributed by atoms with Crippen LogP contribution in [0, 0.1) is 0 Å². The van der Waals surface area contributed by atoms with Crippen molar-refractivity contribution in [2.45, 2.75) is 4.90 Å². The Hall–Kier alpha value is -2.48. The quantitative estimate of drug-likeness (QED) is 0.727. The van der Waals surface area contributed by atoms with Crippen molar-refractivity contribution in [3.63, 3.8) is 0 Å². The van der Waals surface area contributed by atoms with Gasteiger partial charge in [0.15, 0.2) is 0 Å². The van der Waals surface area contributed by atoms with E-state index in [0.29, 0.717) is 16.2 Å². The maximum atomic E-state index is 12.5. The lowest BCUT2D eigenvalue weighted by molar-refractivity contribution is -0.116. The highest BCUT2D eigenvalue weighted by atomic mass is 35.5. The zero-order valence-electron chi connectivity index (χ0n) is 13.9. The van der Waals surface area contributed by atoms with Gasteiger partial charge in [-0.2, -0.15) is 4.31 Å². The second kappa shape index (κ2) is 7.41. The summed E-state index contributed by atoms with van der Waals surface area (Å²) in [5, 5.41) is 4.04. The van der Waals surface area contributed by atoms with E-state index in [1.54, 1.807) is 24.4 Å². The number of fused-ring (bicyclic) bond motifs is 1. The average Bonchev–Trinajstić information content (AvgIpc) is 2.62. The van der Waals surface area contributed by atoms with Crippen LogP contribution in [-0.4, -0.2) is 37.2 Å². The third kappa shape index (κ3) is 3.85. The number of para-hydroxylation sites is 1. The number of carbonyl (C=O) groups is 1. The molecule has 0 spiro atoms. The van der Waals surface area contributed by atoms with Crippen LogP contribution in [0.2, 0.25) is 5.02 Å². The number of benzene rings is 2. The Morgan fingerprint density at radius 1 is 1.12 bits per heavy atom. The molecule has 3 rings (SSSR count). The van der Waals surface area contributed by atoms with Gasteiger partial charge in [0, 0.05) is 23.7 Å². The smallest absolute Gasteiger partial charge is 0.243 e. The number of halogens is 1. The van der Waals surface area contributed by atoms with Gasteiger partial charge in [-0.15, -0.1) is 0 Å². The number of carbonyl (C=O) groups excluding carboxylic acids is 1. The lowest BCUT2D eigenvalue weighted by Gasteiger charge is -2.17. The zero-order valence-corrected chi connectivity index (χ0v) is 15.5. The van der Waals surface area contributed by atoms with Gasteiger partial charge in [-0.3, -0.25) is 9.78 Å². The number of nitrogens with zero attached hydrogens (tertiary/aromatic N) is 2. The van der Waals surface area contributed by atoms with E-state index in [2.05, 4.69) is 10.3 Å². The number of sulfonamides is 1. The highest BCUT2D eigenvalue weighted by Gasteiger charge is 2.23. The molecule has 1 amide bonds. The number of pyridine rings is 1. The summed E-state index contributed by atoms with van der Waals surface area (Å²) >= 11 is 5.79. The molecular formula is C18H16ClN3O3S. The van der Waals surface area contributed by atoms with Gasteiger partial charge in [0.2, 0.25) is 15.9 Å². The fraction of sp³-hybridized carbons (Fsp3) is 0.111. The van der Waals surface area contributed by atoms with E-state index >= 15 is 0 Å². The van der Waals surface area contributed by atoms with Crippen LogP contribution < -0.4 is 5.32 Å². The molecule has 1 N–H and O–H groups in total. The third-order valence-electron chi connectivity index (χ3n) is 3.79. The Balaban J connectivity index is 1.76. The van der Waals surface area contributed by atoms with Crippen molar-refractivity contribution in [2.75, 3.05) is 18.9 Å². The van der Waals surface area contributed by atoms with Crippen LogP contribution in [0.3, 0.4) is 0 Å². The molecule has 2 aromatic carbocycles. The van der Waals surface area contributed by atoms with Crippen molar-refractivity contribution in [1.82, 2.24) is 9.29 Å². The van der Waals surface area contributed by atoms with Crippen molar-refractivity contribution in [3.05, 3.63) is 65.8 Å². The maximum absolute atomic E-state index is 12.5. The van der Waals surface area contributed by atoms with Gasteiger partial charge in [0.1, 0.15) is 0 Å². The highest BCUT2D eigenvalue weighted by Crippen LogP contribution is 2.21. The summed E-state index contributed by atoms with van der Waals surface area (Å²) in [4.78, 5) is 16.7. The third-order valence-corrected chi connectivity index (χ3v) is 5.86. The van der Waals surface area contributed by atoms with Crippen LogP contribution >= 0.6 is 11.6 Å². The number of hydrogen-bond acceptors (Lipinski definition) is 4. The number of rotatable bonds is 5. The standard InChI is InChI=1S/C18H16ClN3O3S/c1-22(26(24,25)15-9-7-14(19)8-10-15)12-17(23)21-16-6-2-4-13-5-3-11-20-18(13)16/h2-11H,12H2,1H3,(H,21,23). The molecule has 0 saturated heterocycles. The van der Waals surface area contributed by atoms with Crippen molar-refractivity contribution in [1.29, 1.82) is 0 Å². The molecule has 0 bridgehead atoms. The Kier molecular flexibility index (Phi) is 5.22. The van der Waals surface area contributed by atoms with E-state index in [0.717, 1.165) is 9.69 Å². The van der Waals surface area contributed by atoms with E-state index in [4.69, 9.17) is 11.6 Å². The molecule has 0 aliphatic rings. The topological polar surface area (TPSA) is 79.4 Å². The van der Waals surface area contributed by atoms with E-state index < -0.39 is 15.9 Å². The van der Waals surface area contributed by atoms with E-state index in [9.17, 15) is 13.2 Å². The first-order chi connectivity index (χ1) is 12.4. The summed E-state index contributed by atoms with van der Waals surface area (Å²) in [7, 11) is -2.44. The summed E-state index contributed by atoms with van der Waals surface area (Å²) < 4.78 is 26.1. The molecule has 0 saturated carbocycles. The number of aromatic nitrogens is 1. The molecule has 0 aliphatic carbocycles. The van der Waals surface area contributed by atoms with Crippen LogP contribution in [0.4, 0.5) is 5.69 Å². The lowest BCUT2D eigenvalue weighted by Crippen LogP contribution is -2.35. The molecule has 0 unspecified atom stereocenters. The van der Waals surface area contributed by atoms with Crippen molar-refractivity contribution >= 4 is 44.1 Å². The van der Waals surface area contributed by atoms with Crippen LogP contribution in [0.15, 0.2) is 65.7 Å². The second-order valence-electron chi connectivity index (χ2n) is 5.64. The average molecular weight is 390 g/mol. The highest BCUT2D eigenvalue weighted by molar-refractivity contribution is 7.89. The zero-order chi connectivity index (χ0) is 18.7. The molecule has 134 valence electrons. The van der Waals surface area contributed by atoms with E-state index in [1.807, 2.05) is 12.1 Å². The molecule has 0 aliphatic heterocycles. The first-order valence-electron chi connectivity index (χ1n) is 7.73. The van der Waals surface area contributed by atoms with Crippen LogP contribution in [0.1, 0.15) is 0 Å².